The molecule has 0 aromatic heterocycles. The molecule has 2 fully saturated rings. The Balaban J connectivity index is 1.93. The third kappa shape index (κ3) is 4.66. The minimum atomic E-state index is -0.529. The number of carbonyl (C=O) groups excluding carboxylic acids is 2. The van der Waals surface area contributed by atoms with Crippen LogP contribution in [0.2, 0.25) is 0 Å². The molecule has 120 valence electrons. The third-order valence-electron chi connectivity index (χ3n) is 3.60. The highest BCUT2D eigenvalue weighted by Crippen LogP contribution is 2.11. The summed E-state index contributed by atoms with van der Waals surface area (Å²) in [4.78, 5) is 26.3. The summed E-state index contributed by atoms with van der Waals surface area (Å²) in [5.74, 6) is -0.170. The summed E-state index contributed by atoms with van der Waals surface area (Å²) in [5, 5.41) is 6.11. The van der Waals surface area contributed by atoms with E-state index >= 15 is 0 Å². The molecule has 21 heavy (non-hydrogen) atoms. The van der Waals surface area contributed by atoms with Crippen LogP contribution >= 0.6 is 0 Å². The first kappa shape index (κ1) is 16.2. The number of nitrogens with one attached hydrogen (secondary N) is 2. The second-order valence-corrected chi connectivity index (χ2v) is 5.77. The van der Waals surface area contributed by atoms with Gasteiger partial charge in [0, 0.05) is 31.6 Å². The zero-order valence-electron chi connectivity index (χ0n) is 12.8. The van der Waals surface area contributed by atoms with Gasteiger partial charge in [-0.3, -0.25) is 9.59 Å². The SMILES string of the molecule is CC(C)NC(=O)C1COCCN1C(=O)CC1COCCN1. The number of ether oxygens (including phenoxy) is 2. The molecule has 2 atom stereocenters. The Labute approximate surface area is 125 Å². The lowest BCUT2D eigenvalue weighted by atomic mass is 10.1. The highest BCUT2D eigenvalue weighted by molar-refractivity contribution is 5.88. The van der Waals surface area contributed by atoms with Gasteiger partial charge in [-0.15, -0.1) is 0 Å². The minimum Gasteiger partial charge on any atom is -0.378 e. The highest BCUT2D eigenvalue weighted by atomic mass is 16.5. The first-order valence-corrected chi connectivity index (χ1v) is 7.56. The molecule has 2 aliphatic heterocycles. The Morgan fingerprint density at radius 2 is 2.05 bits per heavy atom. The second kappa shape index (κ2) is 7.72. The van der Waals surface area contributed by atoms with Crippen molar-refractivity contribution in [2.75, 3.05) is 39.5 Å². The van der Waals surface area contributed by atoms with E-state index in [4.69, 9.17) is 9.47 Å². The van der Waals surface area contributed by atoms with E-state index in [-0.39, 0.29) is 30.5 Å². The largest absolute Gasteiger partial charge is 0.378 e. The van der Waals surface area contributed by atoms with Crippen molar-refractivity contribution in [1.82, 2.24) is 15.5 Å². The molecule has 2 aliphatic rings. The first-order chi connectivity index (χ1) is 10.1. The van der Waals surface area contributed by atoms with Gasteiger partial charge in [0.05, 0.1) is 26.4 Å². The fourth-order valence-electron chi connectivity index (χ4n) is 2.58. The molecule has 2 heterocycles. The van der Waals surface area contributed by atoms with Crippen molar-refractivity contribution in [3.63, 3.8) is 0 Å². The lowest BCUT2D eigenvalue weighted by Gasteiger charge is -2.36. The number of hydrogen-bond donors (Lipinski definition) is 2. The van der Waals surface area contributed by atoms with E-state index in [1.165, 1.54) is 0 Å². The highest BCUT2D eigenvalue weighted by Gasteiger charge is 2.34. The summed E-state index contributed by atoms with van der Waals surface area (Å²) in [6.45, 7) is 6.99. The first-order valence-electron chi connectivity index (χ1n) is 7.56. The molecular weight excluding hydrogens is 274 g/mol. The van der Waals surface area contributed by atoms with Crippen LogP contribution in [0.1, 0.15) is 20.3 Å². The Hall–Kier alpha value is -1.18. The van der Waals surface area contributed by atoms with Crippen molar-refractivity contribution in [3.8, 4) is 0 Å². The van der Waals surface area contributed by atoms with Crippen molar-refractivity contribution < 1.29 is 19.1 Å². The fourth-order valence-corrected chi connectivity index (χ4v) is 2.58. The van der Waals surface area contributed by atoms with Crippen molar-refractivity contribution in [2.24, 2.45) is 0 Å². The molecule has 0 bridgehead atoms. The minimum absolute atomic E-state index is 0.0230. The molecule has 0 spiro atoms. The van der Waals surface area contributed by atoms with Crippen LogP contribution in [0, 0.1) is 0 Å². The monoisotopic (exact) mass is 299 g/mol. The topological polar surface area (TPSA) is 79.9 Å². The number of morpholine rings is 2. The molecule has 2 saturated heterocycles. The molecule has 0 saturated carbocycles. The molecule has 2 amide bonds. The van der Waals surface area contributed by atoms with Crippen LogP contribution in [-0.4, -0.2) is 74.4 Å². The number of amides is 2. The average Bonchev–Trinajstić information content (AvgIpc) is 2.47. The van der Waals surface area contributed by atoms with E-state index in [0.717, 1.165) is 6.54 Å². The Morgan fingerprint density at radius 3 is 2.71 bits per heavy atom. The molecule has 0 radical (unpaired) electrons. The van der Waals surface area contributed by atoms with Crippen molar-refractivity contribution in [2.45, 2.75) is 38.4 Å². The maximum absolute atomic E-state index is 12.5. The van der Waals surface area contributed by atoms with E-state index < -0.39 is 6.04 Å². The number of hydrogen-bond acceptors (Lipinski definition) is 5. The molecular formula is C14H25N3O4. The summed E-state index contributed by atoms with van der Waals surface area (Å²) >= 11 is 0. The predicted molar refractivity (Wildman–Crippen MR) is 76.8 cm³/mol. The number of nitrogens with zero attached hydrogens (tertiary/aromatic N) is 1. The van der Waals surface area contributed by atoms with E-state index in [2.05, 4.69) is 10.6 Å². The summed E-state index contributed by atoms with van der Waals surface area (Å²) in [6, 6.07) is -0.453. The van der Waals surface area contributed by atoms with E-state index in [9.17, 15) is 9.59 Å². The Morgan fingerprint density at radius 1 is 1.29 bits per heavy atom. The van der Waals surface area contributed by atoms with Gasteiger partial charge in [0.2, 0.25) is 11.8 Å². The van der Waals surface area contributed by atoms with Gasteiger partial charge in [0.15, 0.2) is 0 Å². The molecule has 7 nitrogen and oxygen atoms in total. The normalized spacial score (nSPS) is 26.7. The van der Waals surface area contributed by atoms with Gasteiger partial charge in [-0.25, -0.2) is 0 Å². The van der Waals surface area contributed by atoms with Crippen LogP contribution in [0.25, 0.3) is 0 Å². The van der Waals surface area contributed by atoms with Gasteiger partial charge in [-0.2, -0.15) is 0 Å². The van der Waals surface area contributed by atoms with Crippen LogP contribution < -0.4 is 10.6 Å². The lowest BCUT2D eigenvalue weighted by Crippen LogP contribution is -2.57. The standard InChI is InChI=1S/C14H25N3O4/c1-10(2)16-14(19)12-9-21-6-4-17(12)13(18)7-11-8-20-5-3-15-11/h10-12,15H,3-9H2,1-2H3,(H,16,19). The van der Waals surface area contributed by atoms with E-state index in [0.29, 0.717) is 32.8 Å². The van der Waals surface area contributed by atoms with Gasteiger partial charge < -0.3 is 25.0 Å². The quantitative estimate of drug-likeness (QED) is 0.704. The van der Waals surface area contributed by atoms with E-state index in [1.807, 2.05) is 13.8 Å². The smallest absolute Gasteiger partial charge is 0.245 e. The van der Waals surface area contributed by atoms with Crippen LogP contribution in [0.3, 0.4) is 0 Å². The van der Waals surface area contributed by atoms with Crippen LogP contribution in [-0.2, 0) is 19.1 Å². The molecule has 2 N–H and O–H groups in total. The third-order valence-corrected chi connectivity index (χ3v) is 3.60. The Bertz CT molecular complexity index is 369. The fraction of sp³-hybridized carbons (Fsp3) is 0.857. The molecule has 0 aliphatic carbocycles. The van der Waals surface area contributed by atoms with Gasteiger partial charge in [-0.05, 0) is 13.8 Å². The second-order valence-electron chi connectivity index (χ2n) is 5.77. The van der Waals surface area contributed by atoms with Crippen LogP contribution in [0.5, 0.6) is 0 Å². The lowest BCUT2D eigenvalue weighted by molar-refractivity contribution is -0.149. The van der Waals surface area contributed by atoms with Crippen molar-refractivity contribution >= 4 is 11.8 Å². The molecule has 2 rings (SSSR count). The summed E-state index contributed by atoms with van der Waals surface area (Å²) in [7, 11) is 0. The summed E-state index contributed by atoms with van der Waals surface area (Å²) in [6.07, 6.45) is 0.353. The van der Waals surface area contributed by atoms with Gasteiger partial charge in [0.25, 0.3) is 0 Å². The maximum Gasteiger partial charge on any atom is 0.245 e. The van der Waals surface area contributed by atoms with Gasteiger partial charge >= 0.3 is 0 Å². The summed E-state index contributed by atoms with van der Waals surface area (Å²) in [5.41, 5.74) is 0. The molecule has 0 aromatic carbocycles. The van der Waals surface area contributed by atoms with Crippen LogP contribution in [0.4, 0.5) is 0 Å². The average molecular weight is 299 g/mol. The number of carbonyl (C=O) groups is 2. The van der Waals surface area contributed by atoms with Gasteiger partial charge in [0.1, 0.15) is 6.04 Å². The van der Waals surface area contributed by atoms with Crippen LogP contribution in [0.15, 0.2) is 0 Å². The number of rotatable bonds is 4. The Kier molecular flexibility index (Phi) is 5.96. The van der Waals surface area contributed by atoms with Crippen molar-refractivity contribution in [1.29, 1.82) is 0 Å². The van der Waals surface area contributed by atoms with E-state index in [1.54, 1.807) is 4.90 Å². The zero-order chi connectivity index (χ0) is 15.2. The van der Waals surface area contributed by atoms with Gasteiger partial charge in [-0.1, -0.05) is 0 Å². The maximum atomic E-state index is 12.5. The van der Waals surface area contributed by atoms with Crippen molar-refractivity contribution in [3.05, 3.63) is 0 Å². The molecule has 0 aromatic rings. The molecule has 2 unspecified atom stereocenters. The summed E-state index contributed by atoms with van der Waals surface area (Å²) < 4.78 is 10.7. The zero-order valence-corrected chi connectivity index (χ0v) is 12.8. The predicted octanol–water partition coefficient (Wildman–Crippen LogP) is -0.883. The molecule has 7 heteroatoms.